The summed E-state index contributed by atoms with van der Waals surface area (Å²) >= 11 is 0. The van der Waals surface area contributed by atoms with Gasteiger partial charge in [-0.3, -0.25) is 9.59 Å². The monoisotopic (exact) mass is 466 g/mol. The highest BCUT2D eigenvalue weighted by Crippen LogP contribution is 2.52. The second-order valence-electron chi connectivity index (χ2n) is 10.1. The Hall–Kier alpha value is -1.27. The highest BCUT2D eigenvalue weighted by molar-refractivity contribution is 5.82. The van der Waals surface area contributed by atoms with Gasteiger partial charge < -0.3 is 14.2 Å². The Kier molecular flexibility index (Phi) is 10.8. The number of alkyl halides is 1. The van der Waals surface area contributed by atoms with Crippen molar-refractivity contribution in [2.75, 3.05) is 13.7 Å². The smallest absolute Gasteiger partial charge is 0.305 e. The van der Waals surface area contributed by atoms with Crippen LogP contribution in [0.2, 0.25) is 0 Å². The molecule has 0 aromatic carbocycles. The zero-order valence-electron chi connectivity index (χ0n) is 20.6. The van der Waals surface area contributed by atoms with Crippen LogP contribution >= 0.6 is 0 Å². The second-order valence-corrected chi connectivity index (χ2v) is 10.1. The van der Waals surface area contributed by atoms with Gasteiger partial charge in [0.05, 0.1) is 13.2 Å². The van der Waals surface area contributed by atoms with E-state index in [1.807, 2.05) is 6.92 Å². The number of esters is 1. The average Bonchev–Trinajstić information content (AvgIpc) is 3.36. The first-order valence-corrected chi connectivity index (χ1v) is 13.2. The number of unbranched alkanes of at least 4 members (excludes halogenated alkanes) is 2. The first-order chi connectivity index (χ1) is 16.0. The molecule has 5 nitrogen and oxygen atoms in total. The Balaban J connectivity index is 1.56. The van der Waals surface area contributed by atoms with E-state index in [0.717, 1.165) is 70.8 Å². The third kappa shape index (κ3) is 7.88. The fourth-order valence-corrected chi connectivity index (χ4v) is 5.95. The van der Waals surface area contributed by atoms with Gasteiger partial charge in [0, 0.05) is 19.4 Å². The van der Waals surface area contributed by atoms with Crippen LogP contribution in [0, 0.1) is 17.8 Å². The van der Waals surface area contributed by atoms with Gasteiger partial charge >= 0.3 is 5.97 Å². The standard InChI is InChI=1S/C27H43FO5/c1-3-4-10-23(28)24(29)14-13-21-22-17-19(9-5-6-11-26(30)31-2)16-20(22)18-25(21)33-27-12-7-8-15-32-27/h9,20-23,25,27H,3-8,10-18H2,1-2H3/b19-9+/t20-,21+,22-,23?,25+,27?/m0/s1. The third-order valence-electron chi connectivity index (χ3n) is 7.79. The lowest BCUT2D eigenvalue weighted by Gasteiger charge is -2.30. The Bertz CT molecular complexity index is 657. The summed E-state index contributed by atoms with van der Waals surface area (Å²) in [7, 11) is 1.43. The van der Waals surface area contributed by atoms with Gasteiger partial charge in [-0.15, -0.1) is 0 Å². The molecule has 3 fully saturated rings. The summed E-state index contributed by atoms with van der Waals surface area (Å²) in [5, 5.41) is 0. The number of methoxy groups -OCH3 is 1. The number of hydrogen-bond acceptors (Lipinski definition) is 5. The van der Waals surface area contributed by atoms with Crippen molar-refractivity contribution in [3.05, 3.63) is 11.6 Å². The molecule has 2 unspecified atom stereocenters. The molecular weight excluding hydrogens is 423 g/mol. The van der Waals surface area contributed by atoms with E-state index in [9.17, 15) is 14.0 Å². The van der Waals surface area contributed by atoms with Crippen molar-refractivity contribution in [2.24, 2.45) is 17.8 Å². The molecule has 0 N–H and O–H groups in total. The number of halogens is 1. The number of allylic oxidation sites excluding steroid dienone is 2. The molecule has 1 saturated heterocycles. The molecule has 0 bridgehead atoms. The molecule has 1 aliphatic heterocycles. The molecule has 188 valence electrons. The molecule has 33 heavy (non-hydrogen) atoms. The van der Waals surface area contributed by atoms with E-state index in [-0.39, 0.29) is 30.1 Å². The van der Waals surface area contributed by atoms with Crippen molar-refractivity contribution >= 4 is 11.8 Å². The number of ketones is 1. The van der Waals surface area contributed by atoms with Crippen molar-refractivity contribution in [1.82, 2.24) is 0 Å². The molecule has 0 amide bonds. The van der Waals surface area contributed by atoms with Crippen LogP contribution in [0.3, 0.4) is 0 Å². The van der Waals surface area contributed by atoms with E-state index in [1.54, 1.807) is 0 Å². The van der Waals surface area contributed by atoms with Crippen LogP contribution in [0.5, 0.6) is 0 Å². The van der Waals surface area contributed by atoms with Crippen LogP contribution < -0.4 is 0 Å². The molecule has 0 aromatic heterocycles. The lowest BCUT2D eigenvalue weighted by atomic mass is 9.86. The molecule has 6 atom stereocenters. The molecular formula is C27H43FO5. The fourth-order valence-electron chi connectivity index (χ4n) is 5.95. The Morgan fingerprint density at radius 3 is 2.79 bits per heavy atom. The summed E-state index contributed by atoms with van der Waals surface area (Å²) in [6.45, 7) is 2.78. The average molecular weight is 467 g/mol. The van der Waals surface area contributed by atoms with E-state index in [1.165, 1.54) is 12.7 Å². The van der Waals surface area contributed by atoms with E-state index in [2.05, 4.69) is 6.08 Å². The van der Waals surface area contributed by atoms with Crippen LogP contribution in [-0.2, 0) is 23.8 Å². The molecule has 2 saturated carbocycles. The number of carbonyl (C=O) groups excluding carboxylic acids is 2. The van der Waals surface area contributed by atoms with Crippen molar-refractivity contribution < 1.29 is 28.2 Å². The number of carbonyl (C=O) groups is 2. The van der Waals surface area contributed by atoms with Crippen LogP contribution in [-0.4, -0.2) is 44.0 Å². The minimum atomic E-state index is -1.32. The molecule has 0 aromatic rings. The molecule has 0 radical (unpaired) electrons. The normalized spacial score (nSPS) is 31.5. The first kappa shape index (κ1) is 26.3. The highest BCUT2D eigenvalue weighted by atomic mass is 19.1. The number of hydrogen-bond donors (Lipinski definition) is 0. The van der Waals surface area contributed by atoms with Gasteiger partial charge in [-0.25, -0.2) is 4.39 Å². The quantitative estimate of drug-likeness (QED) is 0.187. The minimum Gasteiger partial charge on any atom is -0.469 e. The highest BCUT2D eigenvalue weighted by Gasteiger charge is 2.48. The Labute approximate surface area is 198 Å². The first-order valence-electron chi connectivity index (χ1n) is 13.2. The summed E-state index contributed by atoms with van der Waals surface area (Å²) in [4.78, 5) is 23.7. The topological polar surface area (TPSA) is 61.8 Å². The van der Waals surface area contributed by atoms with Crippen molar-refractivity contribution in [2.45, 2.75) is 115 Å². The van der Waals surface area contributed by atoms with E-state index in [0.29, 0.717) is 37.5 Å². The predicted octanol–water partition coefficient (Wildman–Crippen LogP) is 6.09. The lowest BCUT2D eigenvalue weighted by molar-refractivity contribution is -0.196. The zero-order chi connectivity index (χ0) is 23.6. The Morgan fingerprint density at radius 1 is 1.21 bits per heavy atom. The van der Waals surface area contributed by atoms with Gasteiger partial charge in [0.2, 0.25) is 0 Å². The van der Waals surface area contributed by atoms with Crippen molar-refractivity contribution in [3.63, 3.8) is 0 Å². The summed E-state index contributed by atoms with van der Waals surface area (Å²) in [6.07, 6.45) is 12.4. The van der Waals surface area contributed by atoms with Gasteiger partial charge in [-0.2, -0.15) is 0 Å². The SMILES string of the molecule is CCCCC(F)C(=O)CC[C@@H]1[C@H]2C/C(=C/CCCC(=O)OC)C[C@H]2C[C@H]1OC1CCCCO1. The summed E-state index contributed by atoms with van der Waals surface area (Å²) in [6, 6.07) is 0. The lowest BCUT2D eigenvalue weighted by Crippen LogP contribution is -2.32. The minimum absolute atomic E-state index is 0.102. The molecule has 1 heterocycles. The number of rotatable bonds is 13. The van der Waals surface area contributed by atoms with E-state index in [4.69, 9.17) is 14.2 Å². The van der Waals surface area contributed by atoms with Gasteiger partial charge in [-0.05, 0) is 82.0 Å². The second kappa shape index (κ2) is 13.6. The number of ether oxygens (including phenoxy) is 3. The van der Waals surface area contributed by atoms with Crippen LogP contribution in [0.1, 0.15) is 96.8 Å². The number of fused-ring (bicyclic) bond motifs is 1. The largest absolute Gasteiger partial charge is 0.469 e. The third-order valence-corrected chi connectivity index (χ3v) is 7.79. The van der Waals surface area contributed by atoms with Crippen molar-refractivity contribution in [3.8, 4) is 0 Å². The predicted molar refractivity (Wildman–Crippen MR) is 125 cm³/mol. The maximum Gasteiger partial charge on any atom is 0.305 e. The van der Waals surface area contributed by atoms with Crippen LogP contribution in [0.4, 0.5) is 4.39 Å². The molecule has 0 spiro atoms. The van der Waals surface area contributed by atoms with Gasteiger partial charge in [0.25, 0.3) is 0 Å². The van der Waals surface area contributed by atoms with Crippen LogP contribution in [0.25, 0.3) is 0 Å². The Morgan fingerprint density at radius 2 is 2.06 bits per heavy atom. The van der Waals surface area contributed by atoms with E-state index >= 15 is 0 Å². The molecule has 3 aliphatic rings. The summed E-state index contributed by atoms with van der Waals surface area (Å²) in [5.74, 6) is 0.940. The van der Waals surface area contributed by atoms with Gasteiger partial charge in [0.1, 0.15) is 0 Å². The maximum absolute atomic E-state index is 14.3. The van der Waals surface area contributed by atoms with E-state index < -0.39 is 6.17 Å². The fraction of sp³-hybridized carbons (Fsp3) is 0.852. The van der Waals surface area contributed by atoms with Crippen LogP contribution in [0.15, 0.2) is 11.6 Å². The number of Topliss-reactive ketones (excluding diaryl/α,β-unsaturated/α-hetero) is 1. The van der Waals surface area contributed by atoms with Gasteiger partial charge in [0.15, 0.2) is 18.2 Å². The molecule has 3 rings (SSSR count). The summed E-state index contributed by atoms with van der Waals surface area (Å²) in [5.41, 5.74) is 1.46. The maximum atomic E-state index is 14.3. The molecule has 2 aliphatic carbocycles. The van der Waals surface area contributed by atoms with Crippen molar-refractivity contribution in [1.29, 1.82) is 0 Å². The zero-order valence-corrected chi connectivity index (χ0v) is 20.6. The summed E-state index contributed by atoms with van der Waals surface area (Å²) < 4.78 is 31.3. The molecule has 6 heteroatoms. The van der Waals surface area contributed by atoms with Gasteiger partial charge in [-0.1, -0.05) is 31.4 Å².